The number of nitrogens with one attached hydrogen (secondary N) is 2. The number of nitrogens with zero attached hydrogens (tertiary/aromatic N) is 1. The SMILES string of the molecule is CC(=O)Nc1ccccc1Nc1cc(C)ncc1C(F)(F)F. The molecule has 0 fully saturated rings. The van der Waals surface area contributed by atoms with Crippen LogP contribution < -0.4 is 10.6 Å². The molecule has 1 amide bonds. The fourth-order valence-corrected chi connectivity index (χ4v) is 1.92. The molecule has 2 N–H and O–H groups in total. The Morgan fingerprint density at radius 2 is 1.77 bits per heavy atom. The molecule has 0 aliphatic carbocycles. The highest BCUT2D eigenvalue weighted by Gasteiger charge is 2.34. The molecule has 0 radical (unpaired) electrons. The molecule has 0 aliphatic heterocycles. The lowest BCUT2D eigenvalue weighted by Gasteiger charge is -2.17. The van der Waals surface area contributed by atoms with Crippen molar-refractivity contribution < 1.29 is 18.0 Å². The van der Waals surface area contributed by atoms with E-state index in [4.69, 9.17) is 0 Å². The van der Waals surface area contributed by atoms with Gasteiger partial charge in [-0.1, -0.05) is 12.1 Å². The zero-order valence-electron chi connectivity index (χ0n) is 12.0. The number of anilines is 3. The van der Waals surface area contributed by atoms with Gasteiger partial charge in [0.15, 0.2) is 0 Å². The first-order chi connectivity index (χ1) is 10.3. The van der Waals surface area contributed by atoms with Gasteiger partial charge in [0.2, 0.25) is 5.91 Å². The smallest absolute Gasteiger partial charge is 0.353 e. The summed E-state index contributed by atoms with van der Waals surface area (Å²) in [6, 6.07) is 7.84. The summed E-state index contributed by atoms with van der Waals surface area (Å²) in [5.74, 6) is -0.309. The molecule has 116 valence electrons. The lowest BCUT2D eigenvalue weighted by molar-refractivity contribution is -0.137. The summed E-state index contributed by atoms with van der Waals surface area (Å²) < 4.78 is 39.1. The predicted octanol–water partition coefficient (Wildman–Crippen LogP) is 4.11. The molecule has 2 aromatic rings. The third kappa shape index (κ3) is 3.75. The van der Waals surface area contributed by atoms with Gasteiger partial charge in [-0.25, -0.2) is 0 Å². The van der Waals surface area contributed by atoms with Crippen molar-refractivity contribution >= 4 is 23.0 Å². The zero-order chi connectivity index (χ0) is 16.3. The lowest BCUT2D eigenvalue weighted by Crippen LogP contribution is -2.12. The van der Waals surface area contributed by atoms with Crippen molar-refractivity contribution in [3.63, 3.8) is 0 Å². The highest BCUT2D eigenvalue weighted by atomic mass is 19.4. The second kappa shape index (κ2) is 6.05. The van der Waals surface area contributed by atoms with E-state index in [1.807, 2.05) is 0 Å². The molecule has 1 heterocycles. The Kier molecular flexibility index (Phi) is 4.35. The molecule has 1 aromatic heterocycles. The van der Waals surface area contributed by atoms with Gasteiger partial charge in [-0.15, -0.1) is 0 Å². The summed E-state index contributed by atoms with van der Waals surface area (Å²) >= 11 is 0. The van der Waals surface area contributed by atoms with Crippen LogP contribution in [-0.4, -0.2) is 10.9 Å². The Morgan fingerprint density at radius 3 is 2.36 bits per heavy atom. The van der Waals surface area contributed by atoms with Crippen LogP contribution in [0.15, 0.2) is 36.5 Å². The number of carbonyl (C=O) groups excluding carboxylic acids is 1. The topological polar surface area (TPSA) is 54.0 Å². The number of aryl methyl sites for hydroxylation is 1. The van der Waals surface area contributed by atoms with Gasteiger partial charge in [0.05, 0.1) is 22.6 Å². The molecule has 0 saturated heterocycles. The second-order valence-electron chi connectivity index (χ2n) is 4.72. The van der Waals surface area contributed by atoms with Crippen molar-refractivity contribution in [2.75, 3.05) is 10.6 Å². The van der Waals surface area contributed by atoms with Gasteiger partial charge in [0, 0.05) is 18.8 Å². The van der Waals surface area contributed by atoms with E-state index < -0.39 is 11.7 Å². The summed E-state index contributed by atoms with van der Waals surface area (Å²) in [5, 5.41) is 5.29. The van der Waals surface area contributed by atoms with Gasteiger partial charge >= 0.3 is 6.18 Å². The van der Waals surface area contributed by atoms with Crippen LogP contribution in [0.1, 0.15) is 18.2 Å². The van der Waals surface area contributed by atoms with Crippen molar-refractivity contribution in [3.05, 3.63) is 47.8 Å². The lowest BCUT2D eigenvalue weighted by atomic mass is 10.1. The number of rotatable bonds is 3. The average molecular weight is 309 g/mol. The minimum Gasteiger partial charge on any atom is -0.353 e. The van der Waals surface area contributed by atoms with E-state index >= 15 is 0 Å². The van der Waals surface area contributed by atoms with E-state index in [-0.39, 0.29) is 11.6 Å². The standard InChI is InChI=1S/C15H14F3N3O/c1-9-7-14(11(8-19-9)15(16,17)18)21-13-6-4-3-5-12(13)20-10(2)22/h3-8H,1-2H3,(H,19,21)(H,20,22). The second-order valence-corrected chi connectivity index (χ2v) is 4.72. The molecule has 0 atom stereocenters. The van der Waals surface area contributed by atoms with Crippen molar-refractivity contribution in [2.45, 2.75) is 20.0 Å². The van der Waals surface area contributed by atoms with E-state index in [0.717, 1.165) is 6.20 Å². The number of pyridine rings is 1. The average Bonchev–Trinajstić information content (AvgIpc) is 2.39. The van der Waals surface area contributed by atoms with Crippen LogP contribution in [0.3, 0.4) is 0 Å². The minimum atomic E-state index is -4.52. The van der Waals surface area contributed by atoms with Crippen molar-refractivity contribution in [1.82, 2.24) is 4.98 Å². The first-order valence-electron chi connectivity index (χ1n) is 6.45. The number of hydrogen-bond acceptors (Lipinski definition) is 3. The summed E-state index contributed by atoms with van der Waals surface area (Å²) in [4.78, 5) is 14.9. The van der Waals surface area contributed by atoms with E-state index in [1.54, 1.807) is 31.2 Å². The van der Waals surface area contributed by atoms with E-state index in [9.17, 15) is 18.0 Å². The number of hydrogen-bond donors (Lipinski definition) is 2. The zero-order valence-corrected chi connectivity index (χ0v) is 12.0. The molecule has 0 bridgehead atoms. The van der Waals surface area contributed by atoms with Crippen LogP contribution in [0.2, 0.25) is 0 Å². The predicted molar refractivity (Wildman–Crippen MR) is 78.0 cm³/mol. The van der Waals surface area contributed by atoms with Crippen molar-refractivity contribution in [2.24, 2.45) is 0 Å². The molecule has 0 aliphatic rings. The van der Waals surface area contributed by atoms with Crippen molar-refractivity contribution in [3.8, 4) is 0 Å². The van der Waals surface area contributed by atoms with Crippen LogP contribution in [0, 0.1) is 6.92 Å². The summed E-state index contributed by atoms with van der Waals surface area (Å²) in [5.41, 5.74) is 0.243. The first kappa shape index (κ1) is 15.8. The van der Waals surface area contributed by atoms with Gasteiger partial charge in [-0.05, 0) is 25.1 Å². The normalized spacial score (nSPS) is 11.1. The Labute approximate surface area is 125 Å². The molecule has 0 saturated carbocycles. The fourth-order valence-electron chi connectivity index (χ4n) is 1.92. The van der Waals surface area contributed by atoms with Gasteiger partial charge in [-0.3, -0.25) is 9.78 Å². The Bertz CT molecular complexity index is 699. The molecule has 7 heteroatoms. The van der Waals surface area contributed by atoms with E-state index in [2.05, 4.69) is 15.6 Å². The number of benzene rings is 1. The number of para-hydroxylation sites is 2. The molecule has 0 spiro atoms. The van der Waals surface area contributed by atoms with Crippen LogP contribution in [0.25, 0.3) is 0 Å². The molecule has 4 nitrogen and oxygen atoms in total. The quantitative estimate of drug-likeness (QED) is 0.897. The Balaban J connectivity index is 2.43. The fraction of sp³-hybridized carbons (Fsp3) is 0.200. The minimum absolute atomic E-state index is 0.113. The number of halogens is 3. The van der Waals surface area contributed by atoms with Crippen LogP contribution in [0.5, 0.6) is 0 Å². The van der Waals surface area contributed by atoms with Crippen LogP contribution in [0.4, 0.5) is 30.2 Å². The maximum absolute atomic E-state index is 13.0. The van der Waals surface area contributed by atoms with Crippen LogP contribution >= 0.6 is 0 Å². The third-order valence-electron chi connectivity index (χ3n) is 2.85. The van der Waals surface area contributed by atoms with Gasteiger partial charge in [-0.2, -0.15) is 13.2 Å². The van der Waals surface area contributed by atoms with Gasteiger partial charge < -0.3 is 10.6 Å². The molecule has 2 rings (SSSR count). The van der Waals surface area contributed by atoms with E-state index in [1.165, 1.54) is 13.0 Å². The van der Waals surface area contributed by atoms with Gasteiger partial charge in [0.25, 0.3) is 0 Å². The molecular weight excluding hydrogens is 295 g/mol. The summed E-state index contributed by atoms with van der Waals surface area (Å²) in [6.45, 7) is 2.93. The highest BCUT2D eigenvalue weighted by Crippen LogP contribution is 2.37. The number of amides is 1. The maximum Gasteiger partial charge on any atom is 0.419 e. The highest BCUT2D eigenvalue weighted by molar-refractivity contribution is 5.93. The monoisotopic (exact) mass is 309 g/mol. The van der Waals surface area contributed by atoms with Crippen molar-refractivity contribution in [1.29, 1.82) is 0 Å². The number of alkyl halides is 3. The van der Waals surface area contributed by atoms with E-state index in [0.29, 0.717) is 17.1 Å². The third-order valence-corrected chi connectivity index (χ3v) is 2.85. The molecule has 1 aromatic carbocycles. The Hall–Kier alpha value is -2.57. The molecular formula is C15H14F3N3O. The van der Waals surface area contributed by atoms with Crippen LogP contribution in [-0.2, 0) is 11.0 Å². The molecule has 22 heavy (non-hydrogen) atoms. The summed E-state index contributed by atoms with van der Waals surface area (Å²) in [6.07, 6.45) is -3.73. The maximum atomic E-state index is 13.0. The first-order valence-corrected chi connectivity index (χ1v) is 6.45. The largest absolute Gasteiger partial charge is 0.419 e. The number of carbonyl (C=O) groups is 1. The molecule has 0 unspecified atom stereocenters. The Morgan fingerprint density at radius 1 is 1.14 bits per heavy atom. The van der Waals surface area contributed by atoms with Gasteiger partial charge in [0.1, 0.15) is 0 Å². The summed E-state index contributed by atoms with van der Waals surface area (Å²) in [7, 11) is 0. The number of aromatic nitrogens is 1.